The minimum Gasteiger partial charge on any atom is -0.350 e. The molecule has 1 atom stereocenters. The summed E-state index contributed by atoms with van der Waals surface area (Å²) >= 11 is 13.5. The molecule has 0 radical (unpaired) electrons. The topological polar surface area (TPSA) is 49.4 Å². The molecule has 3 aromatic rings. The Labute approximate surface area is 222 Å². The number of carbonyl (C=O) groups is 2. The van der Waals surface area contributed by atoms with E-state index in [1.165, 1.54) is 11.8 Å². The molecule has 0 saturated heterocycles. The fraction of sp³-hybridized carbons (Fsp3) is 0.286. The van der Waals surface area contributed by atoms with Crippen molar-refractivity contribution < 1.29 is 9.59 Å². The second-order valence-corrected chi connectivity index (χ2v) is 11.3. The number of carbonyl (C=O) groups excluding carboxylic acids is 2. The summed E-state index contributed by atoms with van der Waals surface area (Å²) in [4.78, 5) is 29.8. The molecule has 7 heteroatoms. The molecule has 0 heterocycles. The summed E-state index contributed by atoms with van der Waals surface area (Å²) in [7, 11) is 0. The maximum Gasteiger partial charge on any atom is 0.243 e. The van der Waals surface area contributed by atoms with Gasteiger partial charge in [-0.2, -0.15) is 0 Å². The van der Waals surface area contributed by atoms with Gasteiger partial charge in [0.15, 0.2) is 0 Å². The summed E-state index contributed by atoms with van der Waals surface area (Å²) in [5, 5.41) is 4.34. The van der Waals surface area contributed by atoms with Crippen LogP contribution in [0.4, 0.5) is 0 Å². The van der Waals surface area contributed by atoms with Crippen LogP contribution in [-0.2, 0) is 22.6 Å². The summed E-state index contributed by atoms with van der Waals surface area (Å²) in [6.45, 7) is 6.11. The first-order valence-electron chi connectivity index (χ1n) is 11.4. The van der Waals surface area contributed by atoms with Crippen LogP contribution in [0.3, 0.4) is 0 Å². The fourth-order valence-corrected chi connectivity index (χ4v) is 4.59. The number of halogens is 2. The van der Waals surface area contributed by atoms with Crippen molar-refractivity contribution in [2.45, 2.75) is 50.2 Å². The lowest BCUT2D eigenvalue weighted by molar-refractivity contribution is -0.140. The first kappa shape index (κ1) is 27.1. The number of hydrogen-bond acceptors (Lipinski definition) is 3. The largest absolute Gasteiger partial charge is 0.350 e. The van der Waals surface area contributed by atoms with E-state index in [9.17, 15) is 9.59 Å². The first-order valence-corrected chi connectivity index (χ1v) is 13.1. The maximum absolute atomic E-state index is 13.6. The van der Waals surface area contributed by atoms with Gasteiger partial charge in [0.1, 0.15) is 6.04 Å². The molecule has 0 aliphatic heterocycles. The normalized spacial score (nSPS) is 12.1. The van der Waals surface area contributed by atoms with Crippen molar-refractivity contribution in [3.8, 4) is 0 Å². The summed E-state index contributed by atoms with van der Waals surface area (Å²) in [5.41, 5.74) is 1.46. The Hall–Kier alpha value is -2.47. The van der Waals surface area contributed by atoms with Crippen LogP contribution in [0.1, 0.15) is 31.9 Å². The van der Waals surface area contributed by atoms with Crippen LogP contribution in [0, 0.1) is 0 Å². The Bertz CT molecular complexity index is 1110. The Kier molecular flexibility index (Phi) is 9.67. The first-order chi connectivity index (χ1) is 16.6. The monoisotopic (exact) mass is 528 g/mol. The van der Waals surface area contributed by atoms with E-state index in [-0.39, 0.29) is 17.6 Å². The number of nitrogens with zero attached hydrogens (tertiary/aromatic N) is 1. The number of rotatable bonds is 9. The smallest absolute Gasteiger partial charge is 0.243 e. The highest BCUT2D eigenvalue weighted by Gasteiger charge is 2.32. The van der Waals surface area contributed by atoms with Gasteiger partial charge in [0.2, 0.25) is 11.8 Å². The highest BCUT2D eigenvalue weighted by Crippen LogP contribution is 2.23. The zero-order chi connectivity index (χ0) is 25.4. The van der Waals surface area contributed by atoms with Gasteiger partial charge in [-0.05, 0) is 68.3 Å². The predicted molar refractivity (Wildman–Crippen MR) is 146 cm³/mol. The Morgan fingerprint density at radius 3 is 2.00 bits per heavy atom. The third-order valence-corrected chi connectivity index (χ3v) is 6.71. The van der Waals surface area contributed by atoms with Crippen LogP contribution >= 0.6 is 35.0 Å². The molecule has 0 fully saturated rings. The SMILES string of the molecule is CC(C)(C)NC(=O)[C@H](Cc1ccccc1)N(Cc1ccc(Cl)cc1)C(=O)CSc1ccc(Cl)cc1. The maximum atomic E-state index is 13.6. The van der Waals surface area contributed by atoms with Crippen LogP contribution in [0.25, 0.3) is 0 Å². The molecule has 0 bridgehead atoms. The van der Waals surface area contributed by atoms with Crippen LogP contribution in [0.15, 0.2) is 83.8 Å². The van der Waals surface area contributed by atoms with E-state index in [0.29, 0.717) is 23.0 Å². The van der Waals surface area contributed by atoms with Crippen molar-refractivity contribution in [3.63, 3.8) is 0 Å². The molecule has 3 aromatic carbocycles. The van der Waals surface area contributed by atoms with E-state index in [4.69, 9.17) is 23.2 Å². The van der Waals surface area contributed by atoms with E-state index in [1.54, 1.807) is 29.2 Å². The van der Waals surface area contributed by atoms with Gasteiger partial charge in [0, 0.05) is 33.4 Å². The lowest BCUT2D eigenvalue weighted by atomic mass is 10.0. The average molecular weight is 530 g/mol. The number of hydrogen-bond donors (Lipinski definition) is 1. The van der Waals surface area contributed by atoms with Crippen molar-refractivity contribution in [1.82, 2.24) is 10.2 Å². The van der Waals surface area contributed by atoms with Crippen LogP contribution < -0.4 is 5.32 Å². The van der Waals surface area contributed by atoms with Gasteiger partial charge in [-0.3, -0.25) is 9.59 Å². The van der Waals surface area contributed by atoms with Gasteiger partial charge in [-0.15, -0.1) is 11.8 Å². The second kappa shape index (κ2) is 12.5. The molecule has 0 unspecified atom stereocenters. The Balaban J connectivity index is 1.91. The van der Waals surface area contributed by atoms with Gasteiger partial charge in [0.25, 0.3) is 0 Å². The van der Waals surface area contributed by atoms with E-state index < -0.39 is 11.6 Å². The summed E-state index contributed by atoms with van der Waals surface area (Å²) in [6, 6.07) is 23.8. The molecular weight excluding hydrogens is 499 g/mol. The molecule has 35 heavy (non-hydrogen) atoms. The van der Waals surface area contributed by atoms with Gasteiger partial charge in [0.05, 0.1) is 5.75 Å². The van der Waals surface area contributed by atoms with Crippen LogP contribution in [-0.4, -0.2) is 34.0 Å². The quantitative estimate of drug-likeness (QED) is 0.316. The van der Waals surface area contributed by atoms with E-state index >= 15 is 0 Å². The fourth-order valence-electron chi connectivity index (χ4n) is 3.55. The van der Waals surface area contributed by atoms with Gasteiger partial charge < -0.3 is 10.2 Å². The molecule has 0 aliphatic rings. The lowest BCUT2D eigenvalue weighted by Gasteiger charge is -2.34. The molecule has 3 rings (SSSR count). The minimum atomic E-state index is -0.675. The molecule has 0 aliphatic carbocycles. The van der Waals surface area contributed by atoms with Crippen LogP contribution in [0.2, 0.25) is 10.0 Å². The summed E-state index contributed by atoms with van der Waals surface area (Å²) in [5.74, 6) is -0.103. The van der Waals surface area contributed by atoms with E-state index in [0.717, 1.165) is 16.0 Å². The molecule has 0 saturated carbocycles. The van der Waals surface area contributed by atoms with Crippen LogP contribution in [0.5, 0.6) is 0 Å². The van der Waals surface area contributed by atoms with Gasteiger partial charge in [-0.25, -0.2) is 0 Å². The number of amides is 2. The third-order valence-electron chi connectivity index (χ3n) is 5.21. The molecule has 4 nitrogen and oxygen atoms in total. The zero-order valence-corrected chi connectivity index (χ0v) is 22.5. The van der Waals surface area contributed by atoms with Crippen molar-refractivity contribution in [2.75, 3.05) is 5.75 Å². The molecule has 1 N–H and O–H groups in total. The van der Waals surface area contributed by atoms with Gasteiger partial charge >= 0.3 is 0 Å². The van der Waals surface area contributed by atoms with Crippen molar-refractivity contribution in [3.05, 3.63) is 100 Å². The average Bonchev–Trinajstić information content (AvgIpc) is 2.81. The number of benzene rings is 3. The standard InChI is InChI=1S/C28H30Cl2N2O2S/c1-28(2,3)31-27(34)25(17-20-7-5-4-6-8-20)32(18-21-9-11-22(29)12-10-21)26(33)19-35-24-15-13-23(30)14-16-24/h4-16,25H,17-19H2,1-3H3,(H,31,34)/t25-/m0/s1. The lowest BCUT2D eigenvalue weighted by Crippen LogP contribution is -2.54. The van der Waals surface area contributed by atoms with E-state index in [1.807, 2.05) is 75.4 Å². The second-order valence-electron chi connectivity index (χ2n) is 9.34. The minimum absolute atomic E-state index is 0.120. The predicted octanol–water partition coefficient (Wildman–Crippen LogP) is 6.64. The summed E-state index contributed by atoms with van der Waals surface area (Å²) in [6.07, 6.45) is 0.410. The Morgan fingerprint density at radius 2 is 1.43 bits per heavy atom. The molecule has 0 aromatic heterocycles. The third kappa shape index (κ3) is 8.92. The van der Waals surface area contributed by atoms with Crippen molar-refractivity contribution >= 4 is 46.8 Å². The summed E-state index contributed by atoms with van der Waals surface area (Å²) < 4.78 is 0. The molecular formula is C28H30Cl2N2O2S. The molecule has 0 spiro atoms. The Morgan fingerprint density at radius 1 is 0.857 bits per heavy atom. The zero-order valence-electron chi connectivity index (χ0n) is 20.1. The van der Waals surface area contributed by atoms with E-state index in [2.05, 4.69) is 5.32 Å². The number of thioether (sulfide) groups is 1. The van der Waals surface area contributed by atoms with Crippen molar-refractivity contribution in [1.29, 1.82) is 0 Å². The van der Waals surface area contributed by atoms with Gasteiger partial charge in [-0.1, -0.05) is 65.7 Å². The molecule has 2 amide bonds. The number of nitrogens with one attached hydrogen (secondary N) is 1. The molecule has 184 valence electrons. The highest BCUT2D eigenvalue weighted by atomic mass is 35.5. The van der Waals surface area contributed by atoms with Crippen molar-refractivity contribution in [2.24, 2.45) is 0 Å². The highest BCUT2D eigenvalue weighted by molar-refractivity contribution is 8.00.